The van der Waals surface area contributed by atoms with Gasteiger partial charge in [-0.1, -0.05) is 45.0 Å². The van der Waals surface area contributed by atoms with Crippen molar-refractivity contribution in [1.29, 1.82) is 0 Å². The first-order valence-electron chi connectivity index (χ1n) is 13.2. The summed E-state index contributed by atoms with van der Waals surface area (Å²) in [5, 5.41) is 16.3. The molecule has 0 radical (unpaired) electrons. The molecule has 1 saturated heterocycles. The van der Waals surface area contributed by atoms with Gasteiger partial charge in [0.05, 0.1) is 28.2 Å². The Bertz CT molecular complexity index is 1110. The number of likely N-dealkylation sites (tertiary alicyclic amines) is 1. The number of amides is 3. The molecule has 2 aromatic rings. The summed E-state index contributed by atoms with van der Waals surface area (Å²) in [5.41, 5.74) is 9.74. The Hall–Kier alpha value is -2.82. The zero-order chi connectivity index (χ0) is 28.0. The molecule has 0 aliphatic carbocycles. The predicted octanol–water partition coefficient (Wildman–Crippen LogP) is 2.92. The van der Waals surface area contributed by atoms with E-state index in [4.69, 9.17) is 5.73 Å². The quantitative estimate of drug-likeness (QED) is 0.340. The van der Waals surface area contributed by atoms with Gasteiger partial charge in [0.15, 0.2) is 0 Å². The highest BCUT2D eigenvalue weighted by atomic mass is 32.1. The van der Waals surface area contributed by atoms with E-state index in [0.717, 1.165) is 28.1 Å². The van der Waals surface area contributed by atoms with Gasteiger partial charge in [-0.3, -0.25) is 14.4 Å². The van der Waals surface area contributed by atoms with Crippen molar-refractivity contribution in [2.24, 2.45) is 11.1 Å². The second kappa shape index (κ2) is 12.8. The molecule has 38 heavy (non-hydrogen) atoms. The molecule has 10 heteroatoms. The van der Waals surface area contributed by atoms with Crippen LogP contribution >= 0.6 is 11.3 Å². The summed E-state index contributed by atoms with van der Waals surface area (Å²) in [7, 11) is 0. The van der Waals surface area contributed by atoms with Crippen LogP contribution in [0, 0.1) is 12.3 Å². The fraction of sp³-hybridized carbons (Fsp3) is 0.571. The van der Waals surface area contributed by atoms with Crippen molar-refractivity contribution in [3.63, 3.8) is 0 Å². The molecule has 1 fully saturated rings. The van der Waals surface area contributed by atoms with E-state index in [2.05, 4.69) is 15.6 Å². The van der Waals surface area contributed by atoms with Gasteiger partial charge in [0.2, 0.25) is 17.7 Å². The highest BCUT2D eigenvalue weighted by Crippen LogP contribution is 2.29. The van der Waals surface area contributed by atoms with Gasteiger partial charge in [-0.2, -0.15) is 0 Å². The molecule has 9 nitrogen and oxygen atoms in total. The Morgan fingerprint density at radius 1 is 1.18 bits per heavy atom. The lowest BCUT2D eigenvalue weighted by atomic mass is 9.85. The number of benzene rings is 1. The first-order chi connectivity index (χ1) is 17.9. The van der Waals surface area contributed by atoms with Crippen LogP contribution in [0.15, 0.2) is 29.8 Å². The van der Waals surface area contributed by atoms with E-state index in [1.165, 1.54) is 4.90 Å². The summed E-state index contributed by atoms with van der Waals surface area (Å²) in [6.07, 6.45) is 0.988. The summed E-state index contributed by atoms with van der Waals surface area (Å²) in [6.45, 7) is 10.0. The number of carbonyl (C=O) groups is 3. The molecular formula is C28H41N5O4S. The number of aromatic nitrogens is 1. The number of aliphatic hydroxyl groups excluding tert-OH is 1. The lowest BCUT2D eigenvalue weighted by Gasteiger charge is -2.35. The minimum Gasteiger partial charge on any atom is -0.391 e. The number of hydrogen-bond acceptors (Lipinski definition) is 7. The maximum atomic E-state index is 13.6. The Morgan fingerprint density at radius 2 is 1.87 bits per heavy atom. The monoisotopic (exact) mass is 543 g/mol. The van der Waals surface area contributed by atoms with E-state index in [-0.39, 0.29) is 43.1 Å². The van der Waals surface area contributed by atoms with Crippen molar-refractivity contribution in [2.45, 2.75) is 84.5 Å². The third kappa shape index (κ3) is 7.39. The molecule has 208 valence electrons. The van der Waals surface area contributed by atoms with Gasteiger partial charge in [-0.05, 0) is 49.8 Å². The number of aliphatic hydroxyl groups is 1. The Kier molecular flexibility index (Phi) is 10.0. The van der Waals surface area contributed by atoms with Crippen molar-refractivity contribution in [2.75, 3.05) is 13.1 Å². The maximum absolute atomic E-state index is 13.6. The molecule has 2 heterocycles. The molecule has 0 bridgehead atoms. The van der Waals surface area contributed by atoms with Crippen LogP contribution in [0.2, 0.25) is 0 Å². The number of aryl methyl sites for hydroxylation is 1. The molecule has 0 saturated carbocycles. The number of thiazole rings is 1. The number of carbonyl (C=O) groups excluding carboxylic acids is 3. The molecule has 5 N–H and O–H groups in total. The van der Waals surface area contributed by atoms with Crippen LogP contribution in [0.5, 0.6) is 0 Å². The third-order valence-corrected chi connectivity index (χ3v) is 7.90. The zero-order valence-corrected chi connectivity index (χ0v) is 23.8. The van der Waals surface area contributed by atoms with E-state index < -0.39 is 23.6 Å². The molecule has 3 amide bonds. The van der Waals surface area contributed by atoms with E-state index in [0.29, 0.717) is 13.0 Å². The number of rotatable bonds is 10. The number of unbranched alkanes of at least 4 members (excludes halogenated alkanes) is 1. The van der Waals surface area contributed by atoms with Crippen LogP contribution in [-0.2, 0) is 14.4 Å². The number of nitrogens with two attached hydrogens (primary N) is 1. The van der Waals surface area contributed by atoms with Crippen LogP contribution in [0.25, 0.3) is 10.4 Å². The smallest absolute Gasteiger partial charge is 0.246 e. The van der Waals surface area contributed by atoms with Crippen LogP contribution < -0.4 is 16.4 Å². The topological polar surface area (TPSA) is 138 Å². The number of β-amino-alcohol motifs (C(OH)–C–C–N with tert-alkyl or cyclic N) is 1. The van der Waals surface area contributed by atoms with Crippen molar-refractivity contribution >= 4 is 29.1 Å². The second-order valence-corrected chi connectivity index (χ2v) is 12.0. The summed E-state index contributed by atoms with van der Waals surface area (Å²) < 4.78 is 0. The molecule has 3 rings (SSSR count). The molecule has 1 aliphatic rings. The maximum Gasteiger partial charge on any atom is 0.246 e. The fourth-order valence-corrected chi connectivity index (χ4v) is 5.49. The van der Waals surface area contributed by atoms with Crippen molar-refractivity contribution < 1.29 is 19.5 Å². The molecule has 1 aliphatic heterocycles. The van der Waals surface area contributed by atoms with Crippen LogP contribution in [-0.4, -0.2) is 64.0 Å². The molecule has 1 aromatic heterocycles. The lowest BCUT2D eigenvalue weighted by Crippen LogP contribution is -2.57. The Labute approximate surface area is 229 Å². The first-order valence-corrected chi connectivity index (χ1v) is 14.1. The van der Waals surface area contributed by atoms with Crippen LogP contribution in [0.1, 0.15) is 70.7 Å². The van der Waals surface area contributed by atoms with Gasteiger partial charge < -0.3 is 26.4 Å². The SMILES string of the molecule is Cc1ncsc1-c1ccc([C@H](C)NC(=O)[C@@H]2C[C@@H](O)CN2C(=O)[C@@H](NC(=O)CCCCN)C(C)(C)C)cc1. The average Bonchev–Trinajstić information content (AvgIpc) is 3.47. The summed E-state index contributed by atoms with van der Waals surface area (Å²) in [6, 6.07) is 6.03. The van der Waals surface area contributed by atoms with E-state index in [9.17, 15) is 19.5 Å². The van der Waals surface area contributed by atoms with Gasteiger partial charge >= 0.3 is 0 Å². The van der Waals surface area contributed by atoms with Gasteiger partial charge in [0, 0.05) is 19.4 Å². The molecular weight excluding hydrogens is 502 g/mol. The first kappa shape index (κ1) is 29.7. The standard InChI is InChI=1S/C28H41N5O4S/c1-17(19-9-11-20(12-10-19)24-18(2)30-16-38-24)31-26(36)22-14-21(34)15-33(22)27(37)25(28(3,4)5)32-23(35)8-6-7-13-29/h9-12,16-17,21-22,25,34H,6-8,13-15,29H2,1-5H3,(H,31,36)(H,32,35)/t17-,21+,22-,25+/m0/s1. The van der Waals surface area contributed by atoms with Crippen molar-refractivity contribution in [1.82, 2.24) is 20.5 Å². The summed E-state index contributed by atoms with van der Waals surface area (Å²) in [5.74, 6) is -0.914. The van der Waals surface area contributed by atoms with Gasteiger partial charge in [0.25, 0.3) is 0 Å². The van der Waals surface area contributed by atoms with Gasteiger partial charge in [0.1, 0.15) is 12.1 Å². The highest BCUT2D eigenvalue weighted by Gasteiger charge is 2.44. The second-order valence-electron chi connectivity index (χ2n) is 11.1. The number of nitrogens with zero attached hydrogens (tertiary/aromatic N) is 2. The predicted molar refractivity (Wildman–Crippen MR) is 149 cm³/mol. The molecule has 4 atom stereocenters. The fourth-order valence-electron chi connectivity index (χ4n) is 4.68. The molecule has 1 aromatic carbocycles. The summed E-state index contributed by atoms with van der Waals surface area (Å²) >= 11 is 1.59. The minimum atomic E-state index is -0.825. The third-order valence-electron chi connectivity index (χ3n) is 6.92. The average molecular weight is 544 g/mol. The number of hydrogen-bond donors (Lipinski definition) is 4. The van der Waals surface area contributed by atoms with Crippen LogP contribution in [0.3, 0.4) is 0 Å². The van der Waals surface area contributed by atoms with Crippen molar-refractivity contribution in [3.05, 3.63) is 41.0 Å². The normalized spacial score (nSPS) is 19.2. The highest BCUT2D eigenvalue weighted by molar-refractivity contribution is 7.13. The molecule has 0 spiro atoms. The van der Waals surface area contributed by atoms with Gasteiger partial charge in [-0.15, -0.1) is 11.3 Å². The van der Waals surface area contributed by atoms with Gasteiger partial charge in [-0.25, -0.2) is 4.98 Å². The van der Waals surface area contributed by atoms with E-state index >= 15 is 0 Å². The Morgan fingerprint density at radius 3 is 2.45 bits per heavy atom. The Balaban J connectivity index is 1.69. The minimum absolute atomic E-state index is 0.0455. The van der Waals surface area contributed by atoms with Crippen LogP contribution in [0.4, 0.5) is 0 Å². The lowest BCUT2D eigenvalue weighted by molar-refractivity contribution is -0.144. The number of nitrogens with one attached hydrogen (secondary N) is 2. The zero-order valence-electron chi connectivity index (χ0n) is 23.0. The van der Waals surface area contributed by atoms with E-state index in [1.54, 1.807) is 11.3 Å². The van der Waals surface area contributed by atoms with E-state index in [1.807, 2.05) is 64.4 Å². The van der Waals surface area contributed by atoms with Crippen molar-refractivity contribution in [3.8, 4) is 10.4 Å². The largest absolute Gasteiger partial charge is 0.391 e. The summed E-state index contributed by atoms with van der Waals surface area (Å²) in [4.78, 5) is 46.4. The molecule has 0 unspecified atom stereocenters.